The van der Waals surface area contributed by atoms with Gasteiger partial charge in [-0.15, -0.1) is 22.7 Å². The number of aromatic nitrogens is 1. The van der Waals surface area contributed by atoms with Crippen LogP contribution in [-0.4, -0.2) is 22.0 Å². The third kappa shape index (κ3) is 3.75. The molecule has 0 aliphatic carbocycles. The summed E-state index contributed by atoms with van der Waals surface area (Å²) in [6, 6.07) is 1.85. The highest BCUT2D eigenvalue weighted by Crippen LogP contribution is 2.17. The molecule has 2 aromatic heterocycles. The number of carbonyl (C=O) groups is 2. The van der Waals surface area contributed by atoms with Crippen molar-refractivity contribution < 1.29 is 14.7 Å². The zero-order valence-corrected chi connectivity index (χ0v) is 12.3. The predicted octanol–water partition coefficient (Wildman–Crippen LogP) is 2.54. The van der Waals surface area contributed by atoms with Gasteiger partial charge in [-0.25, -0.2) is 9.78 Å². The Bertz CT molecular complexity index is 658. The molecule has 7 heteroatoms. The Morgan fingerprint density at radius 3 is 2.90 bits per heavy atom. The molecule has 2 N–H and O–H groups in total. The van der Waals surface area contributed by atoms with E-state index in [4.69, 9.17) is 5.11 Å². The number of carboxylic acids is 1. The Hall–Kier alpha value is -1.99. The quantitative estimate of drug-likeness (QED) is 0.832. The van der Waals surface area contributed by atoms with Crippen molar-refractivity contribution in [1.29, 1.82) is 0 Å². The molecule has 2 aromatic rings. The minimum Gasteiger partial charge on any atom is -0.478 e. The Labute approximate surface area is 123 Å². The summed E-state index contributed by atoms with van der Waals surface area (Å²) in [5.41, 5.74) is 3.18. The minimum absolute atomic E-state index is 0.138. The molecule has 0 saturated heterocycles. The van der Waals surface area contributed by atoms with Crippen molar-refractivity contribution in [3.63, 3.8) is 0 Å². The van der Waals surface area contributed by atoms with Crippen molar-refractivity contribution in [3.8, 4) is 0 Å². The van der Waals surface area contributed by atoms with Gasteiger partial charge in [-0.1, -0.05) is 0 Å². The maximum Gasteiger partial charge on any atom is 0.328 e. The van der Waals surface area contributed by atoms with E-state index in [2.05, 4.69) is 10.3 Å². The van der Waals surface area contributed by atoms with Crippen LogP contribution in [0.2, 0.25) is 0 Å². The predicted molar refractivity (Wildman–Crippen MR) is 79.0 cm³/mol. The van der Waals surface area contributed by atoms with Gasteiger partial charge in [0.1, 0.15) is 4.88 Å². The van der Waals surface area contributed by atoms with Crippen molar-refractivity contribution in [2.75, 3.05) is 0 Å². The third-order valence-electron chi connectivity index (χ3n) is 2.47. The highest BCUT2D eigenvalue weighted by atomic mass is 32.1. The number of carboxylic acid groups (broad SMARTS) is 1. The molecular weight excluding hydrogens is 296 g/mol. The van der Waals surface area contributed by atoms with Gasteiger partial charge >= 0.3 is 5.97 Å². The topological polar surface area (TPSA) is 79.3 Å². The first kappa shape index (κ1) is 14.4. The van der Waals surface area contributed by atoms with Crippen LogP contribution in [0.3, 0.4) is 0 Å². The molecule has 0 bridgehead atoms. The maximum atomic E-state index is 11.9. The number of nitrogens with zero attached hydrogens (tertiary/aromatic N) is 1. The fourth-order valence-corrected chi connectivity index (χ4v) is 3.03. The minimum atomic E-state index is -0.980. The number of aliphatic carboxylic acids is 1. The number of hydrogen-bond donors (Lipinski definition) is 2. The molecule has 0 atom stereocenters. The van der Waals surface area contributed by atoms with Crippen molar-refractivity contribution in [2.45, 2.75) is 13.5 Å². The average Bonchev–Trinajstić information content (AvgIpc) is 3.02. The molecule has 104 valence electrons. The van der Waals surface area contributed by atoms with Gasteiger partial charge in [0.05, 0.1) is 17.7 Å². The zero-order chi connectivity index (χ0) is 14.5. The fourth-order valence-electron chi connectivity index (χ4n) is 1.51. The lowest BCUT2D eigenvalue weighted by Crippen LogP contribution is -2.22. The molecule has 1 amide bonds. The lowest BCUT2D eigenvalue weighted by atomic mass is 10.3. The van der Waals surface area contributed by atoms with E-state index in [-0.39, 0.29) is 5.91 Å². The number of thiazole rings is 1. The third-order valence-corrected chi connectivity index (χ3v) is 4.35. The number of hydrogen-bond acceptors (Lipinski definition) is 5. The maximum absolute atomic E-state index is 11.9. The van der Waals surface area contributed by atoms with Crippen LogP contribution in [0.4, 0.5) is 0 Å². The normalized spacial score (nSPS) is 10.8. The van der Waals surface area contributed by atoms with Gasteiger partial charge < -0.3 is 10.4 Å². The van der Waals surface area contributed by atoms with Crippen LogP contribution in [0.25, 0.3) is 6.08 Å². The number of aryl methyl sites for hydroxylation is 1. The molecule has 0 saturated carbocycles. The first-order valence-corrected chi connectivity index (χ1v) is 7.49. The van der Waals surface area contributed by atoms with Gasteiger partial charge in [-0.05, 0) is 30.0 Å². The molecule has 0 unspecified atom stereocenters. The standard InChI is InChI=1S/C13H12N2O3S2/c1-8-12(20-7-15-8)13(18)14-5-10-4-9(6-19-10)2-3-11(16)17/h2-4,6-7H,5H2,1H3,(H,14,18)(H,16,17). The molecule has 0 radical (unpaired) electrons. The van der Waals surface area contributed by atoms with E-state index in [0.29, 0.717) is 11.4 Å². The second kappa shape index (κ2) is 6.44. The van der Waals surface area contributed by atoms with Crippen LogP contribution in [0.15, 0.2) is 23.0 Å². The number of nitrogens with one attached hydrogen (secondary N) is 1. The first-order valence-electron chi connectivity index (χ1n) is 5.73. The van der Waals surface area contributed by atoms with Gasteiger partial charge in [0.2, 0.25) is 0 Å². The highest BCUT2D eigenvalue weighted by molar-refractivity contribution is 7.12. The van der Waals surface area contributed by atoms with Gasteiger partial charge in [-0.3, -0.25) is 4.79 Å². The Balaban J connectivity index is 1.93. The molecule has 0 aliphatic heterocycles. The molecular formula is C13H12N2O3S2. The van der Waals surface area contributed by atoms with Crippen molar-refractivity contribution >= 4 is 40.6 Å². The van der Waals surface area contributed by atoms with Crippen LogP contribution in [-0.2, 0) is 11.3 Å². The molecule has 2 heterocycles. The highest BCUT2D eigenvalue weighted by Gasteiger charge is 2.11. The summed E-state index contributed by atoms with van der Waals surface area (Å²) in [6.07, 6.45) is 2.61. The SMILES string of the molecule is Cc1ncsc1C(=O)NCc1cc(C=CC(=O)O)cs1. The molecule has 20 heavy (non-hydrogen) atoms. The van der Waals surface area contributed by atoms with Crippen LogP contribution in [0.1, 0.15) is 25.8 Å². The monoisotopic (exact) mass is 308 g/mol. The average molecular weight is 308 g/mol. The molecule has 2 rings (SSSR count). The first-order chi connectivity index (χ1) is 9.56. The lowest BCUT2D eigenvalue weighted by molar-refractivity contribution is -0.131. The van der Waals surface area contributed by atoms with E-state index < -0.39 is 5.97 Å². The number of rotatable bonds is 5. The second-order valence-electron chi connectivity index (χ2n) is 3.97. The van der Waals surface area contributed by atoms with Crippen LogP contribution in [0, 0.1) is 6.92 Å². The van der Waals surface area contributed by atoms with Gasteiger partial charge in [0.25, 0.3) is 5.91 Å². The summed E-state index contributed by atoms with van der Waals surface area (Å²) in [4.78, 5) is 27.9. The summed E-state index contributed by atoms with van der Waals surface area (Å²) in [6.45, 7) is 2.22. The molecule has 0 aromatic carbocycles. The van der Waals surface area contributed by atoms with E-state index in [0.717, 1.165) is 22.2 Å². The van der Waals surface area contributed by atoms with Crippen molar-refractivity contribution in [1.82, 2.24) is 10.3 Å². The number of thiophene rings is 1. The Morgan fingerprint density at radius 1 is 1.45 bits per heavy atom. The Kier molecular flexibility index (Phi) is 4.65. The van der Waals surface area contributed by atoms with E-state index in [9.17, 15) is 9.59 Å². The van der Waals surface area contributed by atoms with Crippen molar-refractivity contribution in [3.05, 3.63) is 44.0 Å². The van der Waals surface area contributed by atoms with Crippen LogP contribution in [0.5, 0.6) is 0 Å². The summed E-state index contributed by atoms with van der Waals surface area (Å²) < 4.78 is 0. The van der Waals surface area contributed by atoms with Crippen molar-refractivity contribution in [2.24, 2.45) is 0 Å². The molecule has 0 fully saturated rings. The van der Waals surface area contributed by atoms with Crippen LogP contribution >= 0.6 is 22.7 Å². The van der Waals surface area contributed by atoms with Gasteiger partial charge in [0.15, 0.2) is 0 Å². The van der Waals surface area contributed by atoms with Gasteiger partial charge in [-0.2, -0.15) is 0 Å². The summed E-state index contributed by atoms with van der Waals surface area (Å²) in [5.74, 6) is -1.12. The van der Waals surface area contributed by atoms with E-state index in [1.165, 1.54) is 28.7 Å². The smallest absolute Gasteiger partial charge is 0.328 e. The lowest BCUT2D eigenvalue weighted by Gasteiger charge is -2.01. The summed E-state index contributed by atoms with van der Waals surface area (Å²) >= 11 is 2.79. The molecule has 0 aliphatic rings. The molecule has 5 nitrogen and oxygen atoms in total. The fraction of sp³-hybridized carbons (Fsp3) is 0.154. The van der Waals surface area contributed by atoms with Gasteiger partial charge in [0, 0.05) is 11.0 Å². The largest absolute Gasteiger partial charge is 0.478 e. The zero-order valence-electron chi connectivity index (χ0n) is 10.6. The Morgan fingerprint density at radius 2 is 2.25 bits per heavy atom. The van der Waals surface area contributed by atoms with E-state index in [1.54, 1.807) is 12.4 Å². The summed E-state index contributed by atoms with van der Waals surface area (Å²) in [5, 5.41) is 13.2. The number of carbonyl (C=O) groups excluding carboxylic acids is 1. The second-order valence-corrected chi connectivity index (χ2v) is 5.82. The molecule has 0 spiro atoms. The van der Waals surface area contributed by atoms with Crippen LogP contribution < -0.4 is 5.32 Å². The number of amides is 1. The summed E-state index contributed by atoms with van der Waals surface area (Å²) in [7, 11) is 0. The van der Waals surface area contributed by atoms with E-state index in [1.807, 2.05) is 11.4 Å². The van der Waals surface area contributed by atoms with E-state index >= 15 is 0 Å².